The molecule has 6 heteroatoms. The lowest BCUT2D eigenvalue weighted by molar-refractivity contribution is 0.105. The lowest BCUT2D eigenvalue weighted by Gasteiger charge is -2.09. The Morgan fingerprint density at radius 2 is 1.59 bits per heavy atom. The molecular weight excluding hydrogens is 402 g/mol. The van der Waals surface area contributed by atoms with E-state index in [9.17, 15) is 4.79 Å². The maximum Gasteiger partial charge on any atom is 0.197 e. The fraction of sp³-hybridized carbons (Fsp3) is 0.0769. The van der Waals surface area contributed by atoms with Crippen LogP contribution in [0.3, 0.4) is 0 Å². The monoisotopic (exact) mass is 423 g/mol. The molecule has 0 atom stereocenters. The number of H-pyrrole nitrogens is 2. The molecule has 0 saturated carbocycles. The van der Waals surface area contributed by atoms with E-state index < -0.39 is 0 Å². The van der Waals surface area contributed by atoms with Crippen LogP contribution >= 0.6 is 0 Å². The van der Waals surface area contributed by atoms with Crippen molar-refractivity contribution in [2.75, 3.05) is 14.2 Å². The number of allylic oxidation sites excluding steroid dienone is 1. The van der Waals surface area contributed by atoms with Crippen LogP contribution in [0, 0.1) is 0 Å². The summed E-state index contributed by atoms with van der Waals surface area (Å²) in [5.74, 6) is 1.40. The normalized spacial score (nSPS) is 11.8. The van der Waals surface area contributed by atoms with Crippen molar-refractivity contribution in [3.05, 3.63) is 89.9 Å². The number of fused-ring (bicyclic) bond motifs is 2. The van der Waals surface area contributed by atoms with Crippen molar-refractivity contribution in [3.8, 4) is 11.5 Å². The van der Waals surface area contributed by atoms with E-state index >= 15 is 0 Å². The number of nitrogens with zero attached hydrogens (tertiary/aromatic N) is 1. The van der Waals surface area contributed by atoms with Crippen LogP contribution in [0.1, 0.15) is 21.7 Å². The highest BCUT2D eigenvalue weighted by molar-refractivity contribution is 6.32. The van der Waals surface area contributed by atoms with Gasteiger partial charge in [0.25, 0.3) is 0 Å². The van der Waals surface area contributed by atoms with Crippen molar-refractivity contribution in [1.82, 2.24) is 15.0 Å². The smallest absolute Gasteiger partial charge is 0.197 e. The number of methoxy groups -OCH3 is 2. The Kier molecular flexibility index (Phi) is 4.95. The number of carbonyl (C=O) groups is 1. The Labute approximate surface area is 184 Å². The van der Waals surface area contributed by atoms with Gasteiger partial charge in [-0.15, -0.1) is 0 Å². The molecule has 2 aromatic heterocycles. The van der Waals surface area contributed by atoms with Gasteiger partial charge in [-0.05, 0) is 36.4 Å². The summed E-state index contributed by atoms with van der Waals surface area (Å²) in [6.07, 6.45) is 3.76. The van der Waals surface area contributed by atoms with Crippen LogP contribution in [0.5, 0.6) is 11.5 Å². The minimum atomic E-state index is -0.188. The Morgan fingerprint density at radius 3 is 2.31 bits per heavy atom. The molecule has 5 rings (SSSR count). The number of ether oxygens (including phenoxy) is 2. The topological polar surface area (TPSA) is 80.0 Å². The molecule has 0 saturated heterocycles. The SMILES string of the molecule is COc1cc(OC)cc(C(=O)C(=Cc2c[nH]c3ccccc23)c2nc3ccccc3[nH]2)c1. The highest BCUT2D eigenvalue weighted by Crippen LogP contribution is 2.30. The van der Waals surface area contributed by atoms with E-state index in [4.69, 9.17) is 9.47 Å². The van der Waals surface area contributed by atoms with Crippen molar-refractivity contribution in [2.45, 2.75) is 0 Å². The number of hydrogen-bond donors (Lipinski definition) is 2. The van der Waals surface area contributed by atoms with Crippen LogP contribution < -0.4 is 9.47 Å². The van der Waals surface area contributed by atoms with Crippen LogP contribution in [0.4, 0.5) is 0 Å². The number of aromatic amines is 2. The number of nitrogens with one attached hydrogen (secondary N) is 2. The molecule has 0 aliphatic rings. The average Bonchev–Trinajstić information content (AvgIpc) is 3.45. The van der Waals surface area contributed by atoms with Gasteiger partial charge in [-0.2, -0.15) is 0 Å². The second-order valence-corrected chi connectivity index (χ2v) is 7.38. The van der Waals surface area contributed by atoms with Gasteiger partial charge in [0, 0.05) is 34.3 Å². The van der Waals surface area contributed by atoms with Gasteiger partial charge in [0.15, 0.2) is 5.78 Å². The maximum atomic E-state index is 13.8. The van der Waals surface area contributed by atoms with Crippen LogP contribution in [0.25, 0.3) is 33.6 Å². The lowest BCUT2D eigenvalue weighted by Crippen LogP contribution is -2.05. The molecular formula is C26H21N3O3. The third-order valence-electron chi connectivity index (χ3n) is 5.42. The molecule has 0 aliphatic carbocycles. The standard InChI is InChI=1S/C26H21N3O3/c1-31-18-11-16(12-19(14-18)32-2)25(30)21(26-28-23-9-5-6-10-24(23)29-26)13-17-15-27-22-8-4-3-7-20(17)22/h3-15,27H,1-2H3,(H,28,29). The Bertz CT molecular complexity index is 1420. The second-order valence-electron chi connectivity index (χ2n) is 7.38. The molecule has 0 spiro atoms. The summed E-state index contributed by atoms with van der Waals surface area (Å²) in [5.41, 5.74) is 4.46. The Hall–Kier alpha value is -4.32. The quantitative estimate of drug-likeness (QED) is 0.280. The van der Waals surface area contributed by atoms with Crippen LogP contribution in [0.2, 0.25) is 0 Å². The third kappa shape index (κ3) is 3.52. The fourth-order valence-corrected chi connectivity index (χ4v) is 3.78. The molecule has 158 valence electrons. The van der Waals surface area contributed by atoms with Crippen molar-refractivity contribution in [1.29, 1.82) is 0 Å². The highest BCUT2D eigenvalue weighted by atomic mass is 16.5. The minimum absolute atomic E-state index is 0.188. The second kappa shape index (κ2) is 8.07. The minimum Gasteiger partial charge on any atom is -0.497 e. The predicted octanol–water partition coefficient (Wildman–Crippen LogP) is 5.48. The molecule has 0 amide bonds. The predicted molar refractivity (Wildman–Crippen MR) is 126 cm³/mol. The van der Waals surface area contributed by atoms with E-state index in [1.54, 1.807) is 32.4 Å². The van der Waals surface area contributed by atoms with Gasteiger partial charge in [-0.3, -0.25) is 4.79 Å². The number of aromatic nitrogens is 3. The van der Waals surface area contributed by atoms with Gasteiger partial charge >= 0.3 is 0 Å². The van der Waals surface area contributed by atoms with E-state index in [0.29, 0.717) is 28.5 Å². The van der Waals surface area contributed by atoms with E-state index in [1.807, 2.05) is 60.8 Å². The summed E-state index contributed by atoms with van der Waals surface area (Å²) >= 11 is 0. The Balaban J connectivity index is 1.70. The number of rotatable bonds is 6. The maximum absolute atomic E-state index is 13.8. The van der Waals surface area contributed by atoms with Gasteiger partial charge in [-0.1, -0.05) is 30.3 Å². The van der Waals surface area contributed by atoms with Crippen LogP contribution in [-0.2, 0) is 0 Å². The molecule has 2 N–H and O–H groups in total. The number of carbonyl (C=O) groups excluding carboxylic acids is 1. The summed E-state index contributed by atoms with van der Waals surface area (Å²) in [6.45, 7) is 0. The molecule has 6 nitrogen and oxygen atoms in total. The third-order valence-corrected chi connectivity index (χ3v) is 5.42. The Morgan fingerprint density at radius 1 is 0.906 bits per heavy atom. The van der Waals surface area contributed by atoms with Gasteiger partial charge in [0.1, 0.15) is 17.3 Å². The first-order valence-electron chi connectivity index (χ1n) is 10.2. The summed E-state index contributed by atoms with van der Waals surface area (Å²) in [7, 11) is 3.12. The summed E-state index contributed by atoms with van der Waals surface area (Å²) in [4.78, 5) is 25.0. The number of Topliss-reactive ketones (excluding diaryl/α,β-unsaturated/α-hetero) is 1. The fourth-order valence-electron chi connectivity index (χ4n) is 3.78. The lowest BCUT2D eigenvalue weighted by atomic mass is 9.99. The molecule has 32 heavy (non-hydrogen) atoms. The van der Waals surface area contributed by atoms with E-state index in [2.05, 4.69) is 15.0 Å². The molecule has 3 aromatic carbocycles. The summed E-state index contributed by atoms with van der Waals surface area (Å²) in [5, 5.41) is 1.03. The van der Waals surface area contributed by atoms with E-state index in [1.165, 1.54) is 0 Å². The van der Waals surface area contributed by atoms with Crippen molar-refractivity contribution >= 4 is 39.4 Å². The van der Waals surface area contributed by atoms with Crippen LogP contribution in [0.15, 0.2) is 72.9 Å². The molecule has 0 unspecified atom stereocenters. The van der Waals surface area contributed by atoms with Crippen LogP contribution in [-0.4, -0.2) is 35.0 Å². The van der Waals surface area contributed by atoms with Gasteiger partial charge in [0.2, 0.25) is 0 Å². The highest BCUT2D eigenvalue weighted by Gasteiger charge is 2.20. The molecule has 0 aliphatic heterocycles. The van der Waals surface area contributed by atoms with Crippen molar-refractivity contribution in [2.24, 2.45) is 0 Å². The summed E-state index contributed by atoms with van der Waals surface area (Å²) < 4.78 is 10.7. The zero-order chi connectivity index (χ0) is 22.1. The molecule has 0 radical (unpaired) electrons. The van der Waals surface area contributed by atoms with E-state index in [0.717, 1.165) is 27.5 Å². The molecule has 5 aromatic rings. The first-order valence-corrected chi connectivity index (χ1v) is 10.2. The molecule has 0 fully saturated rings. The first-order chi connectivity index (χ1) is 15.7. The van der Waals surface area contributed by atoms with Crippen molar-refractivity contribution < 1.29 is 14.3 Å². The summed E-state index contributed by atoms with van der Waals surface area (Å²) in [6, 6.07) is 20.8. The average molecular weight is 423 g/mol. The largest absolute Gasteiger partial charge is 0.497 e. The van der Waals surface area contributed by atoms with Gasteiger partial charge < -0.3 is 19.4 Å². The molecule has 0 bridgehead atoms. The number of ketones is 1. The number of para-hydroxylation sites is 3. The zero-order valence-electron chi connectivity index (χ0n) is 17.7. The first kappa shape index (κ1) is 19.6. The van der Waals surface area contributed by atoms with E-state index in [-0.39, 0.29) is 5.78 Å². The number of benzene rings is 3. The van der Waals surface area contributed by atoms with Crippen molar-refractivity contribution in [3.63, 3.8) is 0 Å². The zero-order valence-corrected chi connectivity index (χ0v) is 17.7. The van der Waals surface area contributed by atoms with Gasteiger partial charge in [-0.25, -0.2) is 4.98 Å². The number of imidazole rings is 1. The molecule has 2 heterocycles. The van der Waals surface area contributed by atoms with Gasteiger partial charge in [0.05, 0.1) is 30.8 Å². The number of hydrogen-bond acceptors (Lipinski definition) is 4.